The van der Waals surface area contributed by atoms with E-state index < -0.39 is 11.7 Å². The molecule has 1 aliphatic rings. The molecule has 0 radical (unpaired) electrons. The molecule has 132 valence electrons. The first-order chi connectivity index (χ1) is 11.7. The van der Waals surface area contributed by atoms with Crippen LogP contribution in [0, 0.1) is 12.7 Å². The second-order valence-corrected chi connectivity index (χ2v) is 6.94. The van der Waals surface area contributed by atoms with E-state index in [1.165, 1.54) is 9.58 Å². The van der Waals surface area contributed by atoms with Crippen molar-refractivity contribution in [2.75, 3.05) is 0 Å². The first kappa shape index (κ1) is 17.1. The number of nitrogens with zero attached hydrogens (tertiary/aromatic N) is 5. The zero-order chi connectivity index (χ0) is 18.4. The number of ether oxygens (including phenoxy) is 1. The Kier molecular flexibility index (Phi) is 4.06. The Hall–Kier alpha value is -2.77. The Labute approximate surface area is 145 Å². The van der Waals surface area contributed by atoms with Gasteiger partial charge in [-0.25, -0.2) is 14.2 Å². The van der Waals surface area contributed by atoms with Crippen LogP contribution in [0.5, 0.6) is 0 Å². The van der Waals surface area contributed by atoms with Gasteiger partial charge in [-0.05, 0) is 52.3 Å². The van der Waals surface area contributed by atoms with Crippen molar-refractivity contribution in [1.29, 1.82) is 0 Å². The molecule has 3 heterocycles. The van der Waals surface area contributed by atoms with Crippen molar-refractivity contribution in [3.63, 3.8) is 0 Å². The van der Waals surface area contributed by atoms with Crippen LogP contribution in [0.2, 0.25) is 0 Å². The maximum absolute atomic E-state index is 13.4. The van der Waals surface area contributed by atoms with Crippen LogP contribution in [0.3, 0.4) is 0 Å². The molecule has 2 aromatic rings. The van der Waals surface area contributed by atoms with Gasteiger partial charge in [-0.3, -0.25) is 4.90 Å². The lowest BCUT2D eigenvalue weighted by molar-refractivity contribution is 0.0274. The second-order valence-electron chi connectivity index (χ2n) is 6.94. The molecular weight excluding hydrogens is 325 g/mol. The summed E-state index contributed by atoms with van der Waals surface area (Å²) in [5, 5.41) is 8.28. The van der Waals surface area contributed by atoms with Gasteiger partial charge in [-0.1, -0.05) is 5.21 Å². The summed E-state index contributed by atoms with van der Waals surface area (Å²) >= 11 is 0. The van der Waals surface area contributed by atoms with Gasteiger partial charge in [0.05, 0.1) is 17.9 Å². The molecule has 0 aliphatic carbocycles. The molecule has 8 heteroatoms. The van der Waals surface area contributed by atoms with Crippen LogP contribution in [0.1, 0.15) is 50.7 Å². The number of aromatic nitrogens is 4. The van der Waals surface area contributed by atoms with E-state index in [9.17, 15) is 9.18 Å². The molecule has 0 aromatic carbocycles. The van der Waals surface area contributed by atoms with E-state index in [2.05, 4.69) is 15.3 Å². The zero-order valence-corrected chi connectivity index (χ0v) is 14.8. The van der Waals surface area contributed by atoms with Crippen molar-refractivity contribution in [3.8, 4) is 5.82 Å². The molecule has 7 nitrogen and oxygen atoms in total. The summed E-state index contributed by atoms with van der Waals surface area (Å²) in [4.78, 5) is 17.9. The lowest BCUT2D eigenvalue weighted by atomic mass is 10.1. The molecule has 0 saturated carbocycles. The normalized spacial score (nSPS) is 16.7. The number of carbonyl (C=O) groups is 1. The molecule has 3 rings (SSSR count). The Bertz CT molecular complexity index is 853. The molecule has 0 saturated heterocycles. The van der Waals surface area contributed by atoms with E-state index in [0.29, 0.717) is 22.8 Å². The van der Waals surface area contributed by atoms with Gasteiger partial charge >= 0.3 is 6.09 Å². The molecule has 0 bridgehead atoms. The summed E-state index contributed by atoms with van der Waals surface area (Å²) in [5.74, 6) is 0.0907. The number of rotatable bonds is 1. The van der Waals surface area contributed by atoms with E-state index in [1.807, 2.05) is 27.7 Å². The maximum atomic E-state index is 13.4. The van der Waals surface area contributed by atoms with Crippen molar-refractivity contribution < 1.29 is 13.9 Å². The Morgan fingerprint density at radius 3 is 2.72 bits per heavy atom. The zero-order valence-electron chi connectivity index (χ0n) is 14.8. The molecule has 1 unspecified atom stereocenters. The summed E-state index contributed by atoms with van der Waals surface area (Å²) in [7, 11) is 0. The van der Waals surface area contributed by atoms with E-state index in [1.54, 1.807) is 25.3 Å². The molecule has 0 fully saturated rings. The summed E-state index contributed by atoms with van der Waals surface area (Å²) < 4.78 is 20.4. The molecule has 2 aromatic heterocycles. The number of pyridine rings is 1. The fourth-order valence-corrected chi connectivity index (χ4v) is 2.51. The van der Waals surface area contributed by atoms with Crippen LogP contribution in [0.4, 0.5) is 9.18 Å². The van der Waals surface area contributed by atoms with Gasteiger partial charge < -0.3 is 4.74 Å². The number of hydrogen-bond donors (Lipinski definition) is 0. The van der Waals surface area contributed by atoms with E-state index in [0.717, 1.165) is 6.20 Å². The molecular formula is C17H20FN5O2. The molecule has 25 heavy (non-hydrogen) atoms. The standard InChI is InChI=1S/C17H20FN5O2/c1-10-8-14(19-9-12(10)18)23-13-6-7-22(11(2)15(13)20-21-23)16(24)25-17(3,4)5/h6-9,11H,1-5H3. The SMILES string of the molecule is Cc1cc(-n2nnc3c2C=CN(C(=O)OC(C)(C)C)C3C)ncc1F. The van der Waals surface area contributed by atoms with Crippen LogP contribution < -0.4 is 0 Å². The number of carbonyl (C=O) groups excluding carboxylic acids is 1. The summed E-state index contributed by atoms with van der Waals surface area (Å²) in [6.07, 6.45) is 4.06. The van der Waals surface area contributed by atoms with Crippen molar-refractivity contribution in [2.45, 2.75) is 46.3 Å². The first-order valence-electron chi connectivity index (χ1n) is 7.95. The van der Waals surface area contributed by atoms with E-state index in [4.69, 9.17) is 4.74 Å². The predicted molar refractivity (Wildman–Crippen MR) is 89.4 cm³/mol. The van der Waals surface area contributed by atoms with Crippen molar-refractivity contribution >= 4 is 12.2 Å². The Balaban J connectivity index is 1.93. The van der Waals surface area contributed by atoms with Crippen LogP contribution >= 0.6 is 0 Å². The fourth-order valence-electron chi connectivity index (χ4n) is 2.51. The maximum Gasteiger partial charge on any atom is 0.414 e. The van der Waals surface area contributed by atoms with Crippen LogP contribution in [0.25, 0.3) is 11.9 Å². The average Bonchev–Trinajstić information content (AvgIpc) is 2.93. The Morgan fingerprint density at radius 2 is 2.08 bits per heavy atom. The van der Waals surface area contributed by atoms with Gasteiger partial charge in [-0.2, -0.15) is 4.68 Å². The highest BCUT2D eigenvalue weighted by Crippen LogP contribution is 2.30. The highest BCUT2D eigenvalue weighted by atomic mass is 19.1. The summed E-state index contributed by atoms with van der Waals surface area (Å²) in [6.45, 7) is 8.94. The average molecular weight is 345 g/mol. The number of hydrogen-bond acceptors (Lipinski definition) is 5. The molecule has 1 atom stereocenters. The predicted octanol–water partition coefficient (Wildman–Crippen LogP) is 3.39. The fraction of sp³-hybridized carbons (Fsp3) is 0.412. The molecule has 1 amide bonds. The summed E-state index contributed by atoms with van der Waals surface area (Å²) in [5.41, 5.74) is 1.21. The van der Waals surface area contributed by atoms with Gasteiger partial charge in [0.15, 0.2) is 5.82 Å². The lowest BCUT2D eigenvalue weighted by Crippen LogP contribution is -2.36. The van der Waals surface area contributed by atoms with Gasteiger partial charge in [0, 0.05) is 6.20 Å². The van der Waals surface area contributed by atoms with Crippen LogP contribution in [0.15, 0.2) is 18.5 Å². The third-order valence-corrected chi connectivity index (χ3v) is 3.79. The largest absolute Gasteiger partial charge is 0.443 e. The van der Waals surface area contributed by atoms with Crippen molar-refractivity contribution in [3.05, 3.63) is 41.2 Å². The third kappa shape index (κ3) is 3.24. The number of halogens is 1. The van der Waals surface area contributed by atoms with Gasteiger partial charge in [0.25, 0.3) is 0 Å². The van der Waals surface area contributed by atoms with E-state index >= 15 is 0 Å². The topological polar surface area (TPSA) is 73.1 Å². The highest BCUT2D eigenvalue weighted by Gasteiger charge is 2.32. The highest BCUT2D eigenvalue weighted by molar-refractivity contribution is 5.73. The van der Waals surface area contributed by atoms with Gasteiger partial charge in [0.2, 0.25) is 0 Å². The molecule has 0 spiro atoms. The van der Waals surface area contributed by atoms with Gasteiger partial charge in [-0.15, -0.1) is 5.10 Å². The van der Waals surface area contributed by atoms with Crippen molar-refractivity contribution in [1.82, 2.24) is 24.9 Å². The van der Waals surface area contributed by atoms with Gasteiger partial charge in [0.1, 0.15) is 17.1 Å². The Morgan fingerprint density at radius 1 is 1.36 bits per heavy atom. The number of fused-ring (bicyclic) bond motifs is 1. The minimum atomic E-state index is -0.585. The van der Waals surface area contributed by atoms with E-state index in [-0.39, 0.29) is 11.9 Å². The number of aryl methyl sites for hydroxylation is 1. The van der Waals surface area contributed by atoms with Crippen LogP contribution in [-0.2, 0) is 4.74 Å². The lowest BCUT2D eigenvalue weighted by Gasteiger charge is -2.30. The smallest absolute Gasteiger partial charge is 0.414 e. The monoisotopic (exact) mass is 345 g/mol. The quantitative estimate of drug-likeness (QED) is 0.792. The summed E-state index contributed by atoms with van der Waals surface area (Å²) in [6, 6.07) is 1.26. The molecule has 0 N–H and O–H groups in total. The minimum Gasteiger partial charge on any atom is -0.443 e. The first-order valence-corrected chi connectivity index (χ1v) is 7.95. The second kappa shape index (κ2) is 5.94. The molecule has 1 aliphatic heterocycles. The van der Waals surface area contributed by atoms with Crippen molar-refractivity contribution in [2.24, 2.45) is 0 Å². The number of amides is 1. The minimum absolute atomic E-state index is 0.342. The van der Waals surface area contributed by atoms with Crippen LogP contribution in [-0.4, -0.2) is 36.6 Å². The third-order valence-electron chi connectivity index (χ3n) is 3.79.